The first-order chi connectivity index (χ1) is 9.61. The van der Waals surface area contributed by atoms with Crippen LogP contribution in [0.2, 0.25) is 5.02 Å². The summed E-state index contributed by atoms with van der Waals surface area (Å²) in [6.45, 7) is 5.25. The zero-order chi connectivity index (χ0) is 14.5. The van der Waals surface area contributed by atoms with Gasteiger partial charge in [-0.25, -0.2) is 0 Å². The van der Waals surface area contributed by atoms with E-state index in [4.69, 9.17) is 11.6 Å². The highest BCUT2D eigenvalue weighted by molar-refractivity contribution is 6.31. The van der Waals surface area contributed by atoms with Gasteiger partial charge in [-0.15, -0.1) is 0 Å². The molecule has 0 aliphatic heterocycles. The molecule has 0 bridgehead atoms. The molecule has 1 N–H and O–H groups in total. The lowest BCUT2D eigenvalue weighted by molar-refractivity contribution is 0.519. The minimum atomic E-state index is 0.253. The molecule has 0 saturated heterocycles. The average molecular weight is 292 g/mol. The Morgan fingerprint density at radius 3 is 2.80 bits per heavy atom. The van der Waals surface area contributed by atoms with E-state index in [-0.39, 0.29) is 6.04 Å². The number of aromatic nitrogens is 2. The van der Waals surface area contributed by atoms with E-state index in [2.05, 4.69) is 36.4 Å². The largest absolute Gasteiger partial charge is 0.310 e. The van der Waals surface area contributed by atoms with Gasteiger partial charge in [0, 0.05) is 30.7 Å². The Morgan fingerprint density at radius 1 is 1.35 bits per heavy atom. The van der Waals surface area contributed by atoms with Gasteiger partial charge in [0.15, 0.2) is 0 Å². The van der Waals surface area contributed by atoms with E-state index in [9.17, 15) is 0 Å². The summed E-state index contributed by atoms with van der Waals surface area (Å²) in [4.78, 5) is 0. The van der Waals surface area contributed by atoms with E-state index in [0.29, 0.717) is 0 Å². The maximum atomic E-state index is 6.25. The molecule has 0 amide bonds. The number of halogens is 1. The maximum Gasteiger partial charge on any atom is 0.0643 e. The molecule has 0 radical (unpaired) electrons. The lowest BCUT2D eigenvalue weighted by atomic mass is 9.97. The highest BCUT2D eigenvalue weighted by Crippen LogP contribution is 2.26. The van der Waals surface area contributed by atoms with Crippen molar-refractivity contribution in [1.82, 2.24) is 15.1 Å². The van der Waals surface area contributed by atoms with Gasteiger partial charge in [-0.3, -0.25) is 4.68 Å². The lowest BCUT2D eigenvalue weighted by Gasteiger charge is -2.20. The van der Waals surface area contributed by atoms with Crippen molar-refractivity contribution in [2.75, 3.05) is 6.54 Å². The third-order valence-corrected chi connectivity index (χ3v) is 3.92. The standard InChI is InChI=1S/C16H22ClN3/c1-4-9-18-16(11-13-8-10-20(3)19-13)14-6-5-7-15(17)12(14)2/h5-8,10,16,18H,4,9,11H2,1-3H3. The average Bonchev–Trinajstić information content (AvgIpc) is 2.83. The van der Waals surface area contributed by atoms with Crippen LogP contribution in [0.1, 0.15) is 36.2 Å². The quantitative estimate of drug-likeness (QED) is 0.880. The fraction of sp³-hybridized carbons (Fsp3) is 0.438. The molecule has 0 aliphatic rings. The van der Waals surface area contributed by atoms with Gasteiger partial charge >= 0.3 is 0 Å². The van der Waals surface area contributed by atoms with Crippen molar-refractivity contribution in [1.29, 1.82) is 0 Å². The summed E-state index contributed by atoms with van der Waals surface area (Å²) >= 11 is 6.25. The summed E-state index contributed by atoms with van der Waals surface area (Å²) in [6.07, 6.45) is 3.97. The van der Waals surface area contributed by atoms with Crippen molar-refractivity contribution in [3.8, 4) is 0 Å². The van der Waals surface area contributed by atoms with Crippen LogP contribution in [-0.4, -0.2) is 16.3 Å². The SMILES string of the molecule is CCCNC(Cc1ccn(C)n1)c1cccc(Cl)c1C. The van der Waals surface area contributed by atoms with Crippen LogP contribution in [0.4, 0.5) is 0 Å². The molecule has 4 heteroatoms. The second kappa shape index (κ2) is 6.91. The Bertz CT molecular complexity index is 563. The highest BCUT2D eigenvalue weighted by atomic mass is 35.5. The Morgan fingerprint density at radius 2 is 2.15 bits per heavy atom. The molecule has 2 aromatic rings. The molecule has 1 aromatic carbocycles. The minimum Gasteiger partial charge on any atom is -0.310 e. The first-order valence-corrected chi connectivity index (χ1v) is 7.46. The molecule has 1 unspecified atom stereocenters. The Balaban J connectivity index is 2.24. The number of nitrogens with one attached hydrogen (secondary N) is 1. The third-order valence-electron chi connectivity index (χ3n) is 3.51. The topological polar surface area (TPSA) is 29.9 Å². The van der Waals surface area contributed by atoms with Crippen LogP contribution in [-0.2, 0) is 13.5 Å². The molecule has 1 aromatic heterocycles. The van der Waals surface area contributed by atoms with E-state index in [0.717, 1.165) is 35.7 Å². The smallest absolute Gasteiger partial charge is 0.0643 e. The monoisotopic (exact) mass is 291 g/mol. The molecular formula is C16H22ClN3. The van der Waals surface area contributed by atoms with Gasteiger partial charge in [0.1, 0.15) is 0 Å². The van der Waals surface area contributed by atoms with Crippen LogP contribution in [0.3, 0.4) is 0 Å². The van der Waals surface area contributed by atoms with Gasteiger partial charge in [0.05, 0.1) is 5.69 Å². The number of rotatable bonds is 6. The van der Waals surface area contributed by atoms with Crippen molar-refractivity contribution in [3.63, 3.8) is 0 Å². The molecule has 20 heavy (non-hydrogen) atoms. The zero-order valence-corrected chi connectivity index (χ0v) is 13.1. The molecule has 108 valence electrons. The summed E-state index contributed by atoms with van der Waals surface area (Å²) in [6, 6.07) is 8.43. The molecule has 0 saturated carbocycles. The van der Waals surface area contributed by atoms with Crippen molar-refractivity contribution in [2.45, 2.75) is 32.7 Å². The third kappa shape index (κ3) is 3.62. The molecule has 0 spiro atoms. The Labute approximate surface area is 126 Å². The first-order valence-electron chi connectivity index (χ1n) is 7.08. The fourth-order valence-electron chi connectivity index (χ4n) is 2.39. The van der Waals surface area contributed by atoms with Crippen LogP contribution in [0.5, 0.6) is 0 Å². The molecule has 3 nitrogen and oxygen atoms in total. The normalized spacial score (nSPS) is 12.6. The highest BCUT2D eigenvalue weighted by Gasteiger charge is 2.16. The summed E-state index contributed by atoms with van der Waals surface area (Å²) in [7, 11) is 1.95. The van der Waals surface area contributed by atoms with Gasteiger partial charge in [-0.1, -0.05) is 30.7 Å². The molecular weight excluding hydrogens is 270 g/mol. The van der Waals surface area contributed by atoms with Crippen LogP contribution in [0, 0.1) is 6.92 Å². The first kappa shape index (κ1) is 15.1. The van der Waals surface area contributed by atoms with E-state index in [1.165, 1.54) is 5.56 Å². The van der Waals surface area contributed by atoms with Gasteiger partial charge in [-0.05, 0) is 43.1 Å². The fourth-order valence-corrected chi connectivity index (χ4v) is 2.58. The number of aryl methyl sites for hydroxylation is 1. The summed E-state index contributed by atoms with van der Waals surface area (Å²) in [5, 5.41) is 8.91. The number of hydrogen-bond acceptors (Lipinski definition) is 2. The lowest BCUT2D eigenvalue weighted by Crippen LogP contribution is -2.25. The number of hydrogen-bond donors (Lipinski definition) is 1. The molecule has 1 heterocycles. The second-order valence-electron chi connectivity index (χ2n) is 5.15. The van der Waals surface area contributed by atoms with Gasteiger partial charge in [-0.2, -0.15) is 5.10 Å². The van der Waals surface area contributed by atoms with Gasteiger partial charge in [0.25, 0.3) is 0 Å². The van der Waals surface area contributed by atoms with E-state index in [1.54, 1.807) is 0 Å². The van der Waals surface area contributed by atoms with Crippen molar-refractivity contribution in [3.05, 3.63) is 52.3 Å². The molecule has 2 rings (SSSR count). The predicted molar refractivity (Wildman–Crippen MR) is 84.1 cm³/mol. The Kier molecular flexibility index (Phi) is 5.21. The van der Waals surface area contributed by atoms with Crippen LogP contribution in [0.25, 0.3) is 0 Å². The van der Waals surface area contributed by atoms with Crippen LogP contribution >= 0.6 is 11.6 Å². The minimum absolute atomic E-state index is 0.253. The van der Waals surface area contributed by atoms with E-state index >= 15 is 0 Å². The van der Waals surface area contributed by atoms with E-state index in [1.807, 2.05) is 30.1 Å². The molecule has 0 aliphatic carbocycles. The number of benzene rings is 1. The maximum absolute atomic E-state index is 6.25. The molecule has 0 fully saturated rings. The summed E-state index contributed by atoms with van der Waals surface area (Å²) in [5.41, 5.74) is 3.51. The van der Waals surface area contributed by atoms with Crippen LogP contribution < -0.4 is 5.32 Å². The predicted octanol–water partition coefficient (Wildman–Crippen LogP) is 3.67. The van der Waals surface area contributed by atoms with Gasteiger partial charge < -0.3 is 5.32 Å². The second-order valence-corrected chi connectivity index (χ2v) is 5.55. The Hall–Kier alpha value is -1.32. The van der Waals surface area contributed by atoms with Crippen molar-refractivity contribution in [2.24, 2.45) is 7.05 Å². The molecule has 1 atom stereocenters. The van der Waals surface area contributed by atoms with Gasteiger partial charge in [0.2, 0.25) is 0 Å². The summed E-state index contributed by atoms with van der Waals surface area (Å²) < 4.78 is 1.84. The van der Waals surface area contributed by atoms with Crippen LogP contribution in [0.15, 0.2) is 30.5 Å². The zero-order valence-electron chi connectivity index (χ0n) is 12.4. The summed E-state index contributed by atoms with van der Waals surface area (Å²) in [5.74, 6) is 0. The van der Waals surface area contributed by atoms with E-state index < -0.39 is 0 Å². The number of nitrogens with zero attached hydrogens (tertiary/aromatic N) is 2. The van der Waals surface area contributed by atoms with Crippen molar-refractivity contribution >= 4 is 11.6 Å². The van der Waals surface area contributed by atoms with Crippen molar-refractivity contribution < 1.29 is 0 Å².